The summed E-state index contributed by atoms with van der Waals surface area (Å²) < 4.78 is 56.5. The molecular formula is C15H12F4N2O2S2. The topological polar surface area (TPSA) is 50.4 Å². The molecule has 134 valence electrons. The second kappa shape index (κ2) is 7.36. The molecule has 2 rings (SSSR count). The fraction of sp³-hybridized carbons (Fsp3) is 0.200. The lowest BCUT2D eigenvalue weighted by Gasteiger charge is -2.13. The van der Waals surface area contributed by atoms with Crippen LogP contribution in [0.2, 0.25) is 0 Å². The van der Waals surface area contributed by atoms with E-state index in [4.69, 9.17) is 12.2 Å². The first-order valence-electron chi connectivity index (χ1n) is 6.75. The Balaban J connectivity index is 2.20. The number of rotatable bonds is 3. The van der Waals surface area contributed by atoms with Gasteiger partial charge in [-0.3, -0.25) is 0 Å². The third kappa shape index (κ3) is 4.67. The maximum absolute atomic E-state index is 13.7. The molecule has 1 heterocycles. The quantitative estimate of drug-likeness (QED) is 0.446. The van der Waals surface area contributed by atoms with Gasteiger partial charge in [-0.15, -0.1) is 11.3 Å². The van der Waals surface area contributed by atoms with E-state index in [2.05, 4.69) is 15.4 Å². The van der Waals surface area contributed by atoms with Gasteiger partial charge in [0.15, 0.2) is 5.11 Å². The van der Waals surface area contributed by atoms with Gasteiger partial charge in [0.2, 0.25) is 0 Å². The summed E-state index contributed by atoms with van der Waals surface area (Å²) in [4.78, 5) is 12.5. The van der Waals surface area contributed by atoms with Crippen molar-refractivity contribution < 1.29 is 27.1 Å². The lowest BCUT2D eigenvalue weighted by atomic mass is 10.2. The minimum Gasteiger partial charge on any atom is -0.465 e. The number of methoxy groups -OCH3 is 1. The molecule has 4 nitrogen and oxygen atoms in total. The van der Waals surface area contributed by atoms with Gasteiger partial charge in [0.25, 0.3) is 0 Å². The number of hydrogen-bond acceptors (Lipinski definition) is 4. The fourth-order valence-electron chi connectivity index (χ4n) is 1.92. The molecule has 0 aliphatic carbocycles. The Labute approximate surface area is 149 Å². The van der Waals surface area contributed by atoms with Crippen LogP contribution in [0.3, 0.4) is 0 Å². The van der Waals surface area contributed by atoms with Crippen molar-refractivity contribution in [2.24, 2.45) is 0 Å². The smallest absolute Gasteiger partial charge is 0.416 e. The van der Waals surface area contributed by atoms with Gasteiger partial charge in [-0.1, -0.05) is 0 Å². The molecule has 25 heavy (non-hydrogen) atoms. The van der Waals surface area contributed by atoms with Crippen LogP contribution in [0.4, 0.5) is 28.3 Å². The van der Waals surface area contributed by atoms with E-state index >= 15 is 0 Å². The molecule has 0 saturated heterocycles. The van der Waals surface area contributed by atoms with E-state index in [-0.39, 0.29) is 10.7 Å². The third-order valence-corrected chi connectivity index (χ3v) is 4.20. The molecule has 10 heteroatoms. The van der Waals surface area contributed by atoms with E-state index in [9.17, 15) is 22.4 Å². The maximum atomic E-state index is 13.7. The van der Waals surface area contributed by atoms with Gasteiger partial charge < -0.3 is 15.4 Å². The first kappa shape index (κ1) is 19.1. The Morgan fingerprint density at radius 1 is 1.24 bits per heavy atom. The van der Waals surface area contributed by atoms with Gasteiger partial charge in [-0.25, -0.2) is 9.18 Å². The summed E-state index contributed by atoms with van der Waals surface area (Å²) in [6.07, 6.45) is -4.61. The summed E-state index contributed by atoms with van der Waals surface area (Å²) in [7, 11) is 1.22. The van der Waals surface area contributed by atoms with Gasteiger partial charge in [0, 0.05) is 4.88 Å². The minimum atomic E-state index is -4.61. The molecule has 0 bridgehead atoms. The largest absolute Gasteiger partial charge is 0.465 e. The molecule has 2 aromatic rings. The second-order valence-corrected chi connectivity index (χ2v) is 6.53. The highest BCUT2D eigenvalue weighted by atomic mass is 32.1. The molecule has 0 aliphatic rings. The van der Waals surface area contributed by atoms with Crippen LogP contribution in [0.15, 0.2) is 24.3 Å². The summed E-state index contributed by atoms with van der Waals surface area (Å²) in [6.45, 7) is 1.76. The number of aryl methyl sites for hydroxylation is 1. The number of thiophene rings is 1. The summed E-state index contributed by atoms with van der Waals surface area (Å²) in [5.74, 6) is -1.49. The molecule has 0 unspecified atom stereocenters. The van der Waals surface area contributed by atoms with E-state index in [1.807, 2.05) is 0 Å². The van der Waals surface area contributed by atoms with Crippen LogP contribution in [0.5, 0.6) is 0 Å². The van der Waals surface area contributed by atoms with Crippen molar-refractivity contribution in [2.45, 2.75) is 13.1 Å². The predicted octanol–water partition coefficient (Wildman–Crippen LogP) is 4.81. The average Bonchev–Trinajstić information content (AvgIpc) is 2.88. The summed E-state index contributed by atoms with van der Waals surface area (Å²) in [6, 6.07) is 3.52. The number of carbonyl (C=O) groups is 1. The third-order valence-electron chi connectivity index (χ3n) is 3.03. The van der Waals surface area contributed by atoms with Crippen molar-refractivity contribution in [1.82, 2.24) is 0 Å². The number of esters is 1. The van der Waals surface area contributed by atoms with E-state index in [1.54, 1.807) is 13.0 Å². The Morgan fingerprint density at radius 3 is 2.52 bits per heavy atom. The zero-order valence-corrected chi connectivity index (χ0v) is 14.6. The van der Waals surface area contributed by atoms with Crippen molar-refractivity contribution in [3.8, 4) is 0 Å². The Morgan fingerprint density at radius 2 is 1.92 bits per heavy atom. The van der Waals surface area contributed by atoms with Crippen molar-refractivity contribution >= 4 is 45.3 Å². The SMILES string of the molecule is COC(=O)c1cc(C)sc1NC(=S)Nc1cc(C(F)(F)F)ccc1F. The highest BCUT2D eigenvalue weighted by Gasteiger charge is 2.31. The number of carbonyl (C=O) groups excluding carboxylic acids is 1. The van der Waals surface area contributed by atoms with Crippen molar-refractivity contribution in [1.29, 1.82) is 0 Å². The predicted molar refractivity (Wildman–Crippen MR) is 91.6 cm³/mol. The van der Waals surface area contributed by atoms with Crippen LogP contribution in [-0.4, -0.2) is 18.2 Å². The van der Waals surface area contributed by atoms with Gasteiger partial charge in [-0.05, 0) is 43.4 Å². The van der Waals surface area contributed by atoms with Crippen LogP contribution >= 0.6 is 23.6 Å². The van der Waals surface area contributed by atoms with Crippen molar-refractivity contribution in [2.75, 3.05) is 17.7 Å². The number of ether oxygens (including phenoxy) is 1. The zero-order valence-electron chi connectivity index (χ0n) is 13.0. The van der Waals surface area contributed by atoms with E-state index in [0.717, 1.165) is 4.88 Å². The molecule has 0 spiro atoms. The molecule has 0 saturated carbocycles. The van der Waals surface area contributed by atoms with Crippen LogP contribution < -0.4 is 10.6 Å². The molecule has 0 amide bonds. The zero-order chi connectivity index (χ0) is 18.8. The van der Waals surface area contributed by atoms with Crippen LogP contribution in [-0.2, 0) is 10.9 Å². The molecular weight excluding hydrogens is 380 g/mol. The molecule has 1 aromatic heterocycles. The number of hydrogen-bond donors (Lipinski definition) is 2. The fourth-order valence-corrected chi connectivity index (χ4v) is 3.10. The van der Waals surface area contributed by atoms with Gasteiger partial charge >= 0.3 is 12.1 Å². The summed E-state index contributed by atoms with van der Waals surface area (Å²) >= 11 is 6.19. The standard InChI is InChI=1S/C15H12F4N2O2S2/c1-7-5-9(13(22)23-2)12(25-7)21-14(24)20-11-6-8(15(17,18)19)3-4-10(11)16/h3-6H,1-2H3,(H2,20,21,24). The number of alkyl halides is 3. The highest BCUT2D eigenvalue weighted by Crippen LogP contribution is 2.32. The molecule has 1 aromatic carbocycles. The highest BCUT2D eigenvalue weighted by molar-refractivity contribution is 7.80. The molecule has 0 radical (unpaired) electrons. The van der Waals surface area contributed by atoms with Crippen LogP contribution in [0.1, 0.15) is 20.8 Å². The lowest BCUT2D eigenvalue weighted by Crippen LogP contribution is -2.21. The van der Waals surface area contributed by atoms with E-state index in [1.165, 1.54) is 18.4 Å². The molecule has 0 atom stereocenters. The van der Waals surface area contributed by atoms with Gasteiger partial charge in [0.1, 0.15) is 10.8 Å². The minimum absolute atomic E-state index is 0.162. The van der Waals surface area contributed by atoms with Gasteiger partial charge in [0.05, 0.1) is 23.9 Å². The Bertz CT molecular complexity index is 818. The Kier molecular flexibility index (Phi) is 5.63. The van der Waals surface area contributed by atoms with Crippen molar-refractivity contribution in [3.05, 3.63) is 46.1 Å². The molecule has 0 fully saturated rings. The number of nitrogens with one attached hydrogen (secondary N) is 2. The van der Waals surface area contributed by atoms with Crippen molar-refractivity contribution in [3.63, 3.8) is 0 Å². The normalized spacial score (nSPS) is 11.1. The van der Waals surface area contributed by atoms with Gasteiger partial charge in [-0.2, -0.15) is 13.2 Å². The first-order valence-corrected chi connectivity index (χ1v) is 7.97. The van der Waals surface area contributed by atoms with E-state index < -0.39 is 29.2 Å². The molecule has 2 N–H and O–H groups in total. The average molecular weight is 392 g/mol. The summed E-state index contributed by atoms with van der Waals surface area (Å²) in [5, 5.41) is 5.22. The number of anilines is 2. The molecule has 0 aliphatic heterocycles. The number of halogens is 4. The monoisotopic (exact) mass is 392 g/mol. The first-order chi connectivity index (χ1) is 11.6. The summed E-state index contributed by atoms with van der Waals surface area (Å²) in [5.41, 5.74) is -1.22. The lowest BCUT2D eigenvalue weighted by molar-refractivity contribution is -0.137. The van der Waals surface area contributed by atoms with E-state index in [0.29, 0.717) is 23.2 Å². The maximum Gasteiger partial charge on any atom is 0.416 e. The number of benzene rings is 1. The Hall–Kier alpha value is -2.20. The number of thiocarbonyl (C=S) groups is 1. The second-order valence-electron chi connectivity index (χ2n) is 4.86. The van der Waals surface area contributed by atoms with Crippen LogP contribution in [0.25, 0.3) is 0 Å². The van der Waals surface area contributed by atoms with Crippen LogP contribution in [0, 0.1) is 12.7 Å².